The van der Waals surface area contributed by atoms with Gasteiger partial charge in [0, 0.05) is 18.2 Å². The van der Waals surface area contributed by atoms with E-state index in [0.717, 1.165) is 31.1 Å². The first-order valence-corrected chi connectivity index (χ1v) is 7.75. The van der Waals surface area contributed by atoms with Crippen LogP contribution in [0.3, 0.4) is 0 Å². The molecule has 1 aliphatic rings. The van der Waals surface area contributed by atoms with Crippen LogP contribution in [0.2, 0.25) is 0 Å². The molecule has 1 N–H and O–H groups in total. The van der Waals surface area contributed by atoms with E-state index >= 15 is 0 Å². The van der Waals surface area contributed by atoms with E-state index in [1.807, 2.05) is 13.1 Å². The number of rotatable bonds is 6. The number of piperidine rings is 1. The van der Waals surface area contributed by atoms with Crippen molar-refractivity contribution in [3.63, 3.8) is 0 Å². The largest absolute Gasteiger partial charge is 0.320 e. The monoisotopic (exact) mass is 291 g/mol. The van der Waals surface area contributed by atoms with Crippen LogP contribution in [-0.4, -0.2) is 36.5 Å². The van der Waals surface area contributed by atoms with Gasteiger partial charge >= 0.3 is 0 Å². The van der Waals surface area contributed by atoms with Gasteiger partial charge in [-0.3, -0.25) is 15.0 Å². The number of benzene rings is 1. The molecule has 1 unspecified atom stereocenters. The molecule has 1 fully saturated rings. The second-order valence-electron chi connectivity index (χ2n) is 5.90. The molecule has 5 heteroatoms. The molecule has 0 radical (unpaired) electrons. The fourth-order valence-corrected chi connectivity index (χ4v) is 3.09. The minimum Gasteiger partial charge on any atom is -0.320 e. The Labute approximate surface area is 126 Å². The molecule has 0 amide bonds. The second kappa shape index (κ2) is 7.52. The molecule has 116 valence electrons. The maximum absolute atomic E-state index is 10.9. The number of nitrogens with one attached hydrogen (secondary N) is 1. The summed E-state index contributed by atoms with van der Waals surface area (Å²) in [6.07, 6.45) is 3.69. The van der Waals surface area contributed by atoms with Crippen LogP contribution in [0.15, 0.2) is 24.3 Å². The van der Waals surface area contributed by atoms with E-state index < -0.39 is 0 Å². The van der Waals surface area contributed by atoms with Gasteiger partial charge in [0.15, 0.2) is 0 Å². The molecule has 2 rings (SSSR count). The van der Waals surface area contributed by atoms with Gasteiger partial charge < -0.3 is 5.32 Å². The van der Waals surface area contributed by atoms with E-state index in [9.17, 15) is 10.1 Å². The van der Waals surface area contributed by atoms with Crippen LogP contribution >= 0.6 is 0 Å². The number of hydrogen-bond acceptors (Lipinski definition) is 4. The highest BCUT2D eigenvalue weighted by molar-refractivity contribution is 5.35. The van der Waals surface area contributed by atoms with Crippen molar-refractivity contribution in [2.45, 2.75) is 32.2 Å². The summed E-state index contributed by atoms with van der Waals surface area (Å²) in [6, 6.07) is 7.28. The Morgan fingerprint density at radius 1 is 1.43 bits per heavy atom. The Morgan fingerprint density at radius 2 is 2.14 bits per heavy atom. The summed E-state index contributed by atoms with van der Waals surface area (Å²) >= 11 is 0. The van der Waals surface area contributed by atoms with Crippen molar-refractivity contribution < 1.29 is 4.92 Å². The molecular weight excluding hydrogens is 266 g/mol. The third kappa shape index (κ3) is 4.25. The lowest BCUT2D eigenvalue weighted by Gasteiger charge is -2.36. The van der Waals surface area contributed by atoms with E-state index in [-0.39, 0.29) is 16.7 Å². The lowest BCUT2D eigenvalue weighted by atomic mass is 9.92. The van der Waals surface area contributed by atoms with Crippen LogP contribution < -0.4 is 5.32 Å². The van der Waals surface area contributed by atoms with E-state index in [2.05, 4.69) is 17.1 Å². The minimum absolute atomic E-state index is 0.184. The highest BCUT2D eigenvalue weighted by atomic mass is 16.6. The lowest BCUT2D eigenvalue weighted by Crippen LogP contribution is -2.36. The maximum Gasteiger partial charge on any atom is 0.269 e. The topological polar surface area (TPSA) is 58.4 Å². The third-order valence-electron chi connectivity index (χ3n) is 4.56. The van der Waals surface area contributed by atoms with Crippen molar-refractivity contribution in [2.24, 2.45) is 5.92 Å². The minimum atomic E-state index is -0.319. The van der Waals surface area contributed by atoms with E-state index in [4.69, 9.17) is 0 Å². The van der Waals surface area contributed by atoms with Gasteiger partial charge in [0.05, 0.1) is 4.92 Å². The Balaban J connectivity index is 1.94. The van der Waals surface area contributed by atoms with Gasteiger partial charge in [-0.15, -0.1) is 0 Å². The van der Waals surface area contributed by atoms with Gasteiger partial charge in [0.25, 0.3) is 5.69 Å². The number of likely N-dealkylation sites (tertiary alicyclic amines) is 1. The zero-order valence-electron chi connectivity index (χ0n) is 12.9. The second-order valence-corrected chi connectivity index (χ2v) is 5.90. The normalized spacial score (nSPS) is 18.6. The third-order valence-corrected chi connectivity index (χ3v) is 4.56. The first-order valence-electron chi connectivity index (χ1n) is 7.75. The molecule has 1 aliphatic heterocycles. The fourth-order valence-electron chi connectivity index (χ4n) is 3.09. The van der Waals surface area contributed by atoms with Crippen LogP contribution in [0.1, 0.15) is 37.8 Å². The zero-order valence-corrected chi connectivity index (χ0v) is 12.9. The Hall–Kier alpha value is -1.46. The van der Waals surface area contributed by atoms with Crippen LogP contribution in [0.25, 0.3) is 0 Å². The van der Waals surface area contributed by atoms with Gasteiger partial charge in [0.2, 0.25) is 0 Å². The van der Waals surface area contributed by atoms with Crippen LogP contribution in [0, 0.1) is 16.0 Å². The molecular formula is C16H25N3O2. The molecule has 1 saturated heterocycles. The molecule has 5 nitrogen and oxygen atoms in total. The Morgan fingerprint density at radius 3 is 2.76 bits per heavy atom. The average molecular weight is 291 g/mol. The zero-order chi connectivity index (χ0) is 15.2. The van der Waals surface area contributed by atoms with Crippen molar-refractivity contribution in [3.05, 3.63) is 39.9 Å². The van der Waals surface area contributed by atoms with E-state index in [1.165, 1.54) is 19.3 Å². The summed E-state index contributed by atoms with van der Waals surface area (Å²) < 4.78 is 0. The summed E-state index contributed by atoms with van der Waals surface area (Å²) in [5.74, 6) is 0.811. The fraction of sp³-hybridized carbons (Fsp3) is 0.625. The quantitative estimate of drug-likeness (QED) is 0.646. The van der Waals surface area contributed by atoms with Gasteiger partial charge in [0.1, 0.15) is 0 Å². The van der Waals surface area contributed by atoms with Crippen molar-refractivity contribution in [1.29, 1.82) is 0 Å². The highest BCUT2D eigenvalue weighted by Crippen LogP contribution is 2.29. The molecule has 0 bridgehead atoms. The molecule has 1 aromatic rings. The van der Waals surface area contributed by atoms with Crippen molar-refractivity contribution in [3.8, 4) is 0 Å². The van der Waals surface area contributed by atoms with Crippen molar-refractivity contribution in [1.82, 2.24) is 10.2 Å². The average Bonchev–Trinajstić information content (AvgIpc) is 2.53. The maximum atomic E-state index is 10.9. The lowest BCUT2D eigenvalue weighted by molar-refractivity contribution is -0.385. The summed E-state index contributed by atoms with van der Waals surface area (Å²) in [4.78, 5) is 13.0. The number of nitrogens with zero attached hydrogens (tertiary/aromatic N) is 2. The molecule has 1 aromatic carbocycles. The van der Waals surface area contributed by atoms with Crippen LogP contribution in [-0.2, 0) is 0 Å². The summed E-state index contributed by atoms with van der Waals surface area (Å²) in [7, 11) is 2.00. The standard InChI is InChI=1S/C16H25N3O2/c1-13(15-4-3-5-16(12-15)19(20)21)18-10-7-14(8-11-18)6-9-17-2/h3-5,12-14,17H,6-11H2,1-2H3. The molecule has 0 spiro atoms. The smallest absolute Gasteiger partial charge is 0.269 e. The van der Waals surface area contributed by atoms with E-state index in [1.54, 1.807) is 18.2 Å². The first kappa shape index (κ1) is 15.9. The highest BCUT2D eigenvalue weighted by Gasteiger charge is 2.23. The van der Waals surface area contributed by atoms with Crippen LogP contribution in [0.4, 0.5) is 5.69 Å². The number of nitro groups is 1. The Kier molecular flexibility index (Phi) is 5.70. The molecule has 1 heterocycles. The van der Waals surface area contributed by atoms with Crippen molar-refractivity contribution >= 4 is 5.69 Å². The van der Waals surface area contributed by atoms with Gasteiger partial charge in [-0.25, -0.2) is 0 Å². The van der Waals surface area contributed by atoms with Crippen LogP contribution in [0.5, 0.6) is 0 Å². The van der Waals surface area contributed by atoms with Gasteiger partial charge in [-0.05, 0) is 64.3 Å². The molecule has 0 aromatic heterocycles. The number of nitro benzene ring substituents is 1. The number of non-ortho nitro benzene ring substituents is 1. The van der Waals surface area contributed by atoms with Gasteiger partial charge in [-0.2, -0.15) is 0 Å². The summed E-state index contributed by atoms with van der Waals surface area (Å²) in [6.45, 7) is 5.40. The SMILES string of the molecule is CNCCC1CCN(C(C)c2cccc([N+](=O)[O-])c2)CC1. The molecule has 1 atom stereocenters. The Bertz CT molecular complexity index is 470. The molecule has 21 heavy (non-hydrogen) atoms. The molecule has 0 saturated carbocycles. The van der Waals surface area contributed by atoms with E-state index in [0.29, 0.717) is 0 Å². The van der Waals surface area contributed by atoms with Crippen molar-refractivity contribution in [2.75, 3.05) is 26.7 Å². The molecule has 0 aliphatic carbocycles. The summed E-state index contributed by atoms with van der Waals surface area (Å²) in [5, 5.41) is 14.1. The predicted molar refractivity (Wildman–Crippen MR) is 84.4 cm³/mol. The predicted octanol–water partition coefficient (Wildman–Crippen LogP) is 2.98. The first-order chi connectivity index (χ1) is 10.1. The summed E-state index contributed by atoms with van der Waals surface area (Å²) in [5.41, 5.74) is 1.22. The number of hydrogen-bond donors (Lipinski definition) is 1. The van der Waals surface area contributed by atoms with Gasteiger partial charge in [-0.1, -0.05) is 12.1 Å².